The molecule has 0 saturated carbocycles. The molecule has 4 nitrogen and oxygen atoms in total. The van der Waals surface area contributed by atoms with Crippen molar-refractivity contribution in [1.82, 2.24) is 0 Å². The first-order chi connectivity index (χ1) is 7.99. The van der Waals surface area contributed by atoms with Gasteiger partial charge < -0.3 is 10.0 Å². The Balaban J connectivity index is 2.37. The van der Waals surface area contributed by atoms with E-state index in [0.717, 1.165) is 0 Å². The summed E-state index contributed by atoms with van der Waals surface area (Å²) in [5, 5.41) is 9.10. The average Bonchev–Trinajstić information content (AvgIpc) is 2.58. The highest BCUT2D eigenvalue weighted by molar-refractivity contribution is 7.81. The summed E-state index contributed by atoms with van der Waals surface area (Å²) in [6, 6.07) is 4.53. The lowest BCUT2D eigenvalue weighted by Gasteiger charge is -2.16. The summed E-state index contributed by atoms with van der Waals surface area (Å²) < 4.78 is 0. The Morgan fingerprint density at radius 2 is 2.24 bits per heavy atom. The number of carboxylic acid groups (broad SMARTS) is 1. The molecule has 1 heterocycles. The number of rotatable bonds is 2. The number of aromatic carboxylic acids is 1. The van der Waals surface area contributed by atoms with Gasteiger partial charge in [-0.05, 0) is 18.2 Å². The Morgan fingerprint density at radius 3 is 2.76 bits per heavy atom. The van der Waals surface area contributed by atoms with Crippen molar-refractivity contribution in [2.24, 2.45) is 0 Å². The van der Waals surface area contributed by atoms with E-state index in [-0.39, 0.29) is 21.7 Å². The van der Waals surface area contributed by atoms with Gasteiger partial charge in [-0.3, -0.25) is 4.79 Å². The number of anilines is 1. The molecule has 17 heavy (non-hydrogen) atoms. The van der Waals surface area contributed by atoms with Crippen LogP contribution in [-0.4, -0.2) is 28.8 Å². The van der Waals surface area contributed by atoms with Gasteiger partial charge in [0.05, 0.1) is 10.6 Å². The monoisotopic (exact) mass is 271 g/mol. The molecule has 1 atom stereocenters. The second-order valence-corrected chi connectivity index (χ2v) is 4.97. The van der Waals surface area contributed by atoms with E-state index in [4.69, 9.17) is 16.7 Å². The Hall–Kier alpha value is -1.20. The second-order valence-electron chi connectivity index (χ2n) is 3.83. The fourth-order valence-corrected chi connectivity index (χ4v) is 2.30. The van der Waals surface area contributed by atoms with E-state index >= 15 is 0 Å². The topological polar surface area (TPSA) is 57.6 Å². The summed E-state index contributed by atoms with van der Waals surface area (Å²) in [7, 11) is 0. The first kappa shape index (κ1) is 12.3. The van der Waals surface area contributed by atoms with Crippen LogP contribution in [0.25, 0.3) is 0 Å². The summed E-state index contributed by atoms with van der Waals surface area (Å²) >= 11 is 10.0. The molecule has 1 fully saturated rings. The van der Waals surface area contributed by atoms with E-state index in [1.54, 1.807) is 6.07 Å². The maximum absolute atomic E-state index is 11.6. The third kappa shape index (κ3) is 2.40. The predicted octanol–water partition coefficient (Wildman–Crippen LogP) is 2.07. The largest absolute Gasteiger partial charge is 0.478 e. The van der Waals surface area contributed by atoms with Gasteiger partial charge in [-0.15, -0.1) is 0 Å². The normalized spacial score (nSPS) is 19.8. The van der Waals surface area contributed by atoms with Gasteiger partial charge in [0, 0.05) is 23.9 Å². The molecule has 1 aliphatic heterocycles. The summed E-state index contributed by atoms with van der Waals surface area (Å²) in [6.45, 7) is 0.489. The second kappa shape index (κ2) is 4.58. The lowest BCUT2D eigenvalue weighted by Crippen LogP contribution is -2.24. The molecule has 1 N–H and O–H groups in total. The molecule has 1 aromatic rings. The fourth-order valence-electron chi connectivity index (χ4n) is 1.78. The van der Waals surface area contributed by atoms with Crippen LogP contribution in [-0.2, 0) is 4.79 Å². The molecule has 1 saturated heterocycles. The smallest absolute Gasteiger partial charge is 0.337 e. The molecule has 0 spiro atoms. The minimum atomic E-state index is -1.11. The van der Waals surface area contributed by atoms with Crippen LogP contribution in [0.2, 0.25) is 5.02 Å². The van der Waals surface area contributed by atoms with Gasteiger partial charge in [-0.2, -0.15) is 12.6 Å². The first-order valence-corrected chi connectivity index (χ1v) is 5.89. The number of carboxylic acids is 1. The van der Waals surface area contributed by atoms with E-state index in [1.807, 2.05) is 0 Å². The van der Waals surface area contributed by atoms with Crippen molar-refractivity contribution >= 4 is 41.8 Å². The summed E-state index contributed by atoms with van der Waals surface area (Å²) in [5.41, 5.74) is 0.549. The summed E-state index contributed by atoms with van der Waals surface area (Å²) in [6.07, 6.45) is 0.369. The molecule has 1 aromatic carbocycles. The number of hydrogen-bond acceptors (Lipinski definition) is 3. The third-order valence-corrected chi connectivity index (χ3v) is 3.27. The highest BCUT2D eigenvalue weighted by Crippen LogP contribution is 2.27. The Bertz CT molecular complexity index is 492. The number of nitrogens with zero attached hydrogens (tertiary/aromatic N) is 1. The molecule has 2 rings (SSSR count). The fraction of sp³-hybridized carbons (Fsp3) is 0.273. The minimum Gasteiger partial charge on any atom is -0.478 e. The first-order valence-electron chi connectivity index (χ1n) is 5.00. The molecular formula is C11H10ClNO3S. The molecule has 90 valence electrons. The zero-order chi connectivity index (χ0) is 12.6. The van der Waals surface area contributed by atoms with Gasteiger partial charge in [-0.25, -0.2) is 4.79 Å². The number of benzene rings is 1. The Labute approximate surface area is 109 Å². The van der Waals surface area contributed by atoms with Crippen molar-refractivity contribution in [3.8, 4) is 0 Å². The highest BCUT2D eigenvalue weighted by Gasteiger charge is 2.28. The molecular weight excluding hydrogens is 262 g/mol. The van der Waals surface area contributed by atoms with Gasteiger partial charge in [0.1, 0.15) is 0 Å². The molecule has 1 amide bonds. The summed E-state index contributed by atoms with van der Waals surface area (Å²) in [5.74, 6) is -1.16. The lowest BCUT2D eigenvalue weighted by molar-refractivity contribution is -0.117. The molecule has 1 aliphatic rings. The number of amides is 1. The lowest BCUT2D eigenvalue weighted by atomic mass is 10.2. The number of halogens is 1. The van der Waals surface area contributed by atoms with Crippen LogP contribution in [0.3, 0.4) is 0 Å². The van der Waals surface area contributed by atoms with Crippen molar-refractivity contribution in [1.29, 1.82) is 0 Å². The van der Waals surface area contributed by atoms with Crippen LogP contribution in [0.4, 0.5) is 5.69 Å². The van der Waals surface area contributed by atoms with Gasteiger partial charge >= 0.3 is 5.97 Å². The molecule has 0 aromatic heterocycles. The van der Waals surface area contributed by atoms with Gasteiger partial charge in [-0.1, -0.05) is 11.6 Å². The van der Waals surface area contributed by atoms with E-state index in [0.29, 0.717) is 18.7 Å². The van der Waals surface area contributed by atoms with E-state index < -0.39 is 5.97 Å². The van der Waals surface area contributed by atoms with Crippen LogP contribution < -0.4 is 4.90 Å². The van der Waals surface area contributed by atoms with Crippen molar-refractivity contribution < 1.29 is 14.7 Å². The SMILES string of the molecule is O=C(O)c1cc(N2CC(S)CC2=O)ccc1Cl. The molecule has 1 unspecified atom stereocenters. The minimum absolute atomic E-state index is 0.000388. The molecule has 6 heteroatoms. The summed E-state index contributed by atoms with van der Waals surface area (Å²) in [4.78, 5) is 24.1. The Morgan fingerprint density at radius 1 is 1.53 bits per heavy atom. The van der Waals surface area contributed by atoms with Crippen molar-refractivity contribution in [3.63, 3.8) is 0 Å². The van der Waals surface area contributed by atoms with Crippen LogP contribution in [0, 0.1) is 0 Å². The van der Waals surface area contributed by atoms with Crippen LogP contribution >= 0.6 is 24.2 Å². The number of carbonyl (C=O) groups excluding carboxylic acids is 1. The zero-order valence-corrected chi connectivity index (χ0v) is 10.4. The molecule has 0 bridgehead atoms. The standard InChI is InChI=1S/C11H10ClNO3S/c12-9-2-1-6(3-8(9)11(15)16)13-5-7(17)4-10(13)14/h1-3,7,17H,4-5H2,(H,15,16). The van der Waals surface area contributed by atoms with Crippen molar-refractivity contribution in [3.05, 3.63) is 28.8 Å². The van der Waals surface area contributed by atoms with Gasteiger partial charge in [0.15, 0.2) is 0 Å². The third-order valence-electron chi connectivity index (χ3n) is 2.60. The number of thiol groups is 1. The van der Waals surface area contributed by atoms with Gasteiger partial charge in [0.2, 0.25) is 5.91 Å². The number of carbonyl (C=O) groups is 2. The maximum Gasteiger partial charge on any atom is 0.337 e. The van der Waals surface area contributed by atoms with Crippen molar-refractivity contribution in [2.75, 3.05) is 11.4 Å². The van der Waals surface area contributed by atoms with Crippen LogP contribution in [0.15, 0.2) is 18.2 Å². The molecule has 0 aliphatic carbocycles. The van der Waals surface area contributed by atoms with Crippen molar-refractivity contribution in [2.45, 2.75) is 11.7 Å². The predicted molar refractivity (Wildman–Crippen MR) is 68.2 cm³/mol. The molecule has 0 radical (unpaired) electrons. The quantitative estimate of drug-likeness (QED) is 0.810. The Kier molecular flexibility index (Phi) is 3.31. The van der Waals surface area contributed by atoms with E-state index in [2.05, 4.69) is 12.6 Å². The van der Waals surface area contributed by atoms with Crippen LogP contribution in [0.5, 0.6) is 0 Å². The zero-order valence-electron chi connectivity index (χ0n) is 8.76. The highest BCUT2D eigenvalue weighted by atomic mass is 35.5. The van der Waals surface area contributed by atoms with Crippen LogP contribution in [0.1, 0.15) is 16.8 Å². The van der Waals surface area contributed by atoms with Gasteiger partial charge in [0.25, 0.3) is 0 Å². The number of hydrogen-bond donors (Lipinski definition) is 2. The van der Waals surface area contributed by atoms with E-state index in [1.165, 1.54) is 17.0 Å². The maximum atomic E-state index is 11.6. The average molecular weight is 272 g/mol. The van der Waals surface area contributed by atoms with E-state index in [9.17, 15) is 9.59 Å².